The number of nitrogens with one attached hydrogen (secondary N) is 1. The van der Waals surface area contributed by atoms with Crippen molar-refractivity contribution in [3.63, 3.8) is 0 Å². The Morgan fingerprint density at radius 2 is 2.14 bits per heavy atom. The summed E-state index contributed by atoms with van der Waals surface area (Å²) >= 11 is 1.18. The summed E-state index contributed by atoms with van der Waals surface area (Å²) in [5, 5.41) is 14.8. The maximum atomic E-state index is 12.1. The van der Waals surface area contributed by atoms with Gasteiger partial charge in [-0.3, -0.25) is 4.79 Å². The standard InChI is InChI=1S/C13H13N5O3S/c1-20-9-4-3-8(5-10(9)21-2)6-14-11(19)12-17-18-7-15-16-13(18)22-12/h3-5,7H,6H2,1-2H3,(H,14,19). The van der Waals surface area contributed by atoms with Crippen molar-refractivity contribution in [2.24, 2.45) is 0 Å². The van der Waals surface area contributed by atoms with Crippen LogP contribution in [0.4, 0.5) is 0 Å². The molecule has 0 aliphatic carbocycles. The van der Waals surface area contributed by atoms with Gasteiger partial charge in [0.25, 0.3) is 5.91 Å². The second-order valence-electron chi connectivity index (χ2n) is 4.34. The van der Waals surface area contributed by atoms with E-state index in [4.69, 9.17) is 9.47 Å². The fourth-order valence-electron chi connectivity index (χ4n) is 1.90. The van der Waals surface area contributed by atoms with Crippen LogP contribution in [-0.4, -0.2) is 39.9 Å². The van der Waals surface area contributed by atoms with E-state index in [2.05, 4.69) is 20.6 Å². The number of benzene rings is 1. The third-order valence-electron chi connectivity index (χ3n) is 2.98. The lowest BCUT2D eigenvalue weighted by atomic mass is 10.2. The molecule has 114 valence electrons. The largest absolute Gasteiger partial charge is 0.493 e. The smallest absolute Gasteiger partial charge is 0.282 e. The minimum absolute atomic E-state index is 0.259. The molecule has 0 saturated heterocycles. The molecule has 0 aliphatic heterocycles. The molecule has 3 aromatic rings. The number of rotatable bonds is 5. The number of hydrogen-bond acceptors (Lipinski definition) is 7. The Bertz CT molecular complexity index is 784. The minimum atomic E-state index is -0.259. The fraction of sp³-hybridized carbons (Fsp3) is 0.231. The average Bonchev–Trinajstić information content (AvgIpc) is 3.13. The Hall–Kier alpha value is -2.68. The van der Waals surface area contributed by atoms with Crippen molar-refractivity contribution in [3.05, 3.63) is 35.1 Å². The molecular formula is C13H13N5O3S. The molecule has 3 rings (SSSR count). The van der Waals surface area contributed by atoms with Crippen LogP contribution in [0.1, 0.15) is 15.4 Å². The summed E-state index contributed by atoms with van der Waals surface area (Å²) in [5.41, 5.74) is 0.897. The van der Waals surface area contributed by atoms with E-state index in [-0.39, 0.29) is 5.91 Å². The molecule has 0 saturated carbocycles. The van der Waals surface area contributed by atoms with Crippen LogP contribution >= 0.6 is 11.3 Å². The van der Waals surface area contributed by atoms with Crippen LogP contribution in [-0.2, 0) is 6.54 Å². The molecule has 0 unspecified atom stereocenters. The molecule has 0 radical (unpaired) electrons. The number of ether oxygens (including phenoxy) is 2. The van der Waals surface area contributed by atoms with Crippen LogP contribution in [0.5, 0.6) is 11.5 Å². The SMILES string of the molecule is COc1ccc(CNC(=O)c2nn3cnnc3s2)cc1OC. The first-order valence-electron chi connectivity index (χ1n) is 6.37. The molecule has 0 aliphatic rings. The van der Waals surface area contributed by atoms with Gasteiger partial charge in [-0.1, -0.05) is 17.4 Å². The Morgan fingerprint density at radius 3 is 2.86 bits per heavy atom. The predicted octanol–water partition coefficient (Wildman–Crippen LogP) is 1.13. The van der Waals surface area contributed by atoms with E-state index >= 15 is 0 Å². The zero-order valence-electron chi connectivity index (χ0n) is 11.9. The van der Waals surface area contributed by atoms with Crippen LogP contribution in [0.3, 0.4) is 0 Å². The number of carbonyl (C=O) groups excluding carboxylic acids is 1. The van der Waals surface area contributed by atoms with Crippen LogP contribution in [0, 0.1) is 0 Å². The summed E-state index contributed by atoms with van der Waals surface area (Å²) in [7, 11) is 3.15. The maximum absolute atomic E-state index is 12.1. The highest BCUT2D eigenvalue weighted by molar-refractivity contribution is 7.18. The monoisotopic (exact) mass is 319 g/mol. The zero-order chi connectivity index (χ0) is 15.5. The first-order valence-corrected chi connectivity index (χ1v) is 7.19. The lowest BCUT2D eigenvalue weighted by Crippen LogP contribution is -2.22. The number of aromatic nitrogens is 4. The van der Waals surface area contributed by atoms with Crippen LogP contribution in [0.15, 0.2) is 24.5 Å². The van der Waals surface area contributed by atoms with Gasteiger partial charge in [0.1, 0.15) is 6.33 Å². The Labute approximate surface area is 129 Å². The fourth-order valence-corrected chi connectivity index (χ4v) is 2.64. The van der Waals surface area contributed by atoms with Gasteiger partial charge in [0.15, 0.2) is 11.5 Å². The van der Waals surface area contributed by atoms with Gasteiger partial charge in [0, 0.05) is 6.54 Å². The van der Waals surface area contributed by atoms with Gasteiger partial charge in [-0.2, -0.15) is 4.52 Å². The lowest BCUT2D eigenvalue weighted by Gasteiger charge is -2.09. The molecule has 0 spiro atoms. The van der Waals surface area contributed by atoms with Crippen molar-refractivity contribution in [2.75, 3.05) is 14.2 Å². The molecule has 8 nitrogen and oxygen atoms in total. The van der Waals surface area contributed by atoms with Crippen molar-refractivity contribution in [3.8, 4) is 11.5 Å². The summed E-state index contributed by atoms with van der Waals surface area (Å²) in [6, 6.07) is 5.47. The number of methoxy groups -OCH3 is 2. The molecule has 2 aromatic heterocycles. The Balaban J connectivity index is 1.69. The van der Waals surface area contributed by atoms with Crippen LogP contribution < -0.4 is 14.8 Å². The summed E-state index contributed by atoms with van der Waals surface area (Å²) in [6.45, 7) is 0.360. The van der Waals surface area contributed by atoms with Gasteiger partial charge < -0.3 is 14.8 Å². The quantitative estimate of drug-likeness (QED) is 0.758. The topological polar surface area (TPSA) is 90.6 Å². The first-order chi connectivity index (χ1) is 10.7. The van der Waals surface area contributed by atoms with E-state index < -0.39 is 0 Å². The Kier molecular flexibility index (Phi) is 3.88. The van der Waals surface area contributed by atoms with E-state index in [1.807, 2.05) is 12.1 Å². The summed E-state index contributed by atoms with van der Waals surface area (Å²) in [5.74, 6) is 1.00. The zero-order valence-corrected chi connectivity index (χ0v) is 12.8. The van der Waals surface area contributed by atoms with Gasteiger partial charge in [0.05, 0.1) is 14.2 Å². The van der Waals surface area contributed by atoms with E-state index in [1.165, 1.54) is 22.2 Å². The number of fused-ring (bicyclic) bond motifs is 1. The highest BCUT2D eigenvalue weighted by Crippen LogP contribution is 2.27. The average molecular weight is 319 g/mol. The van der Waals surface area contributed by atoms with Gasteiger partial charge in [-0.15, -0.1) is 15.3 Å². The van der Waals surface area contributed by atoms with Gasteiger partial charge in [-0.25, -0.2) is 0 Å². The summed E-state index contributed by atoms with van der Waals surface area (Å²) in [6.07, 6.45) is 1.46. The lowest BCUT2D eigenvalue weighted by molar-refractivity contribution is 0.0949. The van der Waals surface area contributed by atoms with E-state index in [9.17, 15) is 4.79 Å². The molecule has 9 heteroatoms. The number of carbonyl (C=O) groups is 1. The third kappa shape index (κ3) is 2.70. The van der Waals surface area contributed by atoms with Gasteiger partial charge in [0.2, 0.25) is 9.97 Å². The molecule has 2 heterocycles. The van der Waals surface area contributed by atoms with Gasteiger partial charge in [-0.05, 0) is 17.7 Å². The third-order valence-corrected chi connectivity index (χ3v) is 3.89. The highest BCUT2D eigenvalue weighted by atomic mass is 32.1. The summed E-state index contributed by atoms with van der Waals surface area (Å²) in [4.78, 5) is 12.7. The van der Waals surface area contributed by atoms with Crippen LogP contribution in [0.2, 0.25) is 0 Å². The molecule has 1 N–H and O–H groups in total. The Morgan fingerprint density at radius 1 is 1.32 bits per heavy atom. The minimum Gasteiger partial charge on any atom is -0.493 e. The normalized spacial score (nSPS) is 10.6. The molecule has 0 fully saturated rings. The second-order valence-corrected chi connectivity index (χ2v) is 5.29. The van der Waals surface area contributed by atoms with E-state index in [0.717, 1.165) is 5.56 Å². The van der Waals surface area contributed by atoms with Crippen molar-refractivity contribution in [1.82, 2.24) is 25.1 Å². The number of amides is 1. The molecule has 0 bridgehead atoms. The van der Waals surface area contributed by atoms with Crippen molar-refractivity contribution < 1.29 is 14.3 Å². The van der Waals surface area contributed by atoms with E-state index in [0.29, 0.717) is 28.0 Å². The first kappa shape index (κ1) is 14.3. The summed E-state index contributed by atoms with van der Waals surface area (Å²) < 4.78 is 11.9. The second kappa shape index (κ2) is 5.98. The molecular weight excluding hydrogens is 306 g/mol. The van der Waals surface area contributed by atoms with Gasteiger partial charge >= 0.3 is 0 Å². The molecule has 1 amide bonds. The molecule has 0 atom stereocenters. The predicted molar refractivity (Wildman–Crippen MR) is 79.4 cm³/mol. The number of nitrogens with zero attached hydrogens (tertiary/aromatic N) is 4. The highest BCUT2D eigenvalue weighted by Gasteiger charge is 2.13. The van der Waals surface area contributed by atoms with E-state index in [1.54, 1.807) is 20.3 Å². The molecule has 1 aromatic carbocycles. The van der Waals surface area contributed by atoms with Crippen LogP contribution in [0.25, 0.3) is 4.96 Å². The van der Waals surface area contributed by atoms with Crippen molar-refractivity contribution >= 4 is 22.2 Å². The number of hydrogen-bond donors (Lipinski definition) is 1. The van der Waals surface area contributed by atoms with Crippen molar-refractivity contribution in [2.45, 2.75) is 6.54 Å². The van der Waals surface area contributed by atoms with Crippen molar-refractivity contribution in [1.29, 1.82) is 0 Å². The maximum Gasteiger partial charge on any atom is 0.282 e. The molecule has 22 heavy (non-hydrogen) atoms.